The number of nitrogens with one attached hydrogen (secondary N) is 2. The summed E-state index contributed by atoms with van der Waals surface area (Å²) in [5.74, 6) is -0.817. The van der Waals surface area contributed by atoms with Gasteiger partial charge in [0.15, 0.2) is 0 Å². The van der Waals surface area contributed by atoms with E-state index in [1.54, 1.807) is 0 Å². The minimum absolute atomic E-state index is 0.152. The van der Waals surface area contributed by atoms with E-state index in [4.69, 9.17) is 0 Å². The van der Waals surface area contributed by atoms with Crippen molar-refractivity contribution in [1.82, 2.24) is 10.3 Å². The lowest BCUT2D eigenvalue weighted by Crippen LogP contribution is -2.44. The van der Waals surface area contributed by atoms with Crippen molar-refractivity contribution in [2.24, 2.45) is 0 Å². The van der Waals surface area contributed by atoms with Gasteiger partial charge in [-0.1, -0.05) is 46.3 Å². The van der Waals surface area contributed by atoms with E-state index in [2.05, 4.69) is 26.2 Å². The summed E-state index contributed by atoms with van der Waals surface area (Å²) in [6.45, 7) is 0. The molecule has 2 heterocycles. The molecule has 1 aromatic heterocycles. The quantitative estimate of drug-likeness (QED) is 0.645. The Morgan fingerprint density at radius 1 is 1.13 bits per heavy atom. The van der Waals surface area contributed by atoms with Crippen molar-refractivity contribution in [3.05, 3.63) is 69.8 Å². The molecule has 0 radical (unpaired) electrons. The average Bonchev–Trinajstić information content (AvgIpc) is 2.93. The molecule has 1 aliphatic rings. The van der Waals surface area contributed by atoms with Crippen LogP contribution in [0.3, 0.4) is 0 Å². The molecule has 1 aliphatic heterocycles. The maximum absolute atomic E-state index is 11.6. The van der Waals surface area contributed by atoms with Crippen LogP contribution in [0.1, 0.15) is 22.9 Å². The van der Waals surface area contributed by atoms with Crippen molar-refractivity contribution < 1.29 is 9.90 Å². The monoisotopic (exact) mass is 370 g/mol. The molecule has 0 unspecified atom stereocenters. The van der Waals surface area contributed by atoms with Gasteiger partial charge in [0, 0.05) is 27.5 Å². The number of carboxylic acid groups (broad SMARTS) is 1. The van der Waals surface area contributed by atoms with Gasteiger partial charge in [-0.3, -0.25) is 10.1 Å². The lowest BCUT2D eigenvalue weighted by molar-refractivity contribution is -0.139. The Balaban J connectivity index is 1.89. The standard InChI is InChI=1S/C18H15BrN2O2/c19-11-7-5-10(6-8-11)16-17-13(9-15(21-16)18(22)23)12-3-1-2-4-14(12)20-17/h1-8,15-16,20-21H,9H2,(H,22,23)/t15-,16-/m1/s1. The molecular weight excluding hydrogens is 356 g/mol. The van der Waals surface area contributed by atoms with Crippen LogP contribution in [0.5, 0.6) is 0 Å². The van der Waals surface area contributed by atoms with Gasteiger partial charge < -0.3 is 10.1 Å². The number of aromatic nitrogens is 1. The zero-order valence-corrected chi connectivity index (χ0v) is 13.8. The van der Waals surface area contributed by atoms with Crippen LogP contribution in [0.4, 0.5) is 0 Å². The zero-order chi connectivity index (χ0) is 16.0. The van der Waals surface area contributed by atoms with Crippen molar-refractivity contribution in [3.63, 3.8) is 0 Å². The third-order valence-corrected chi connectivity index (χ3v) is 4.94. The first-order valence-electron chi connectivity index (χ1n) is 7.47. The van der Waals surface area contributed by atoms with Gasteiger partial charge in [-0.05, 0) is 29.3 Å². The fraction of sp³-hybridized carbons (Fsp3) is 0.167. The van der Waals surface area contributed by atoms with Gasteiger partial charge in [0.1, 0.15) is 6.04 Å². The first kappa shape index (κ1) is 14.5. The van der Waals surface area contributed by atoms with Gasteiger partial charge in [-0.25, -0.2) is 0 Å². The third-order valence-electron chi connectivity index (χ3n) is 4.41. The zero-order valence-electron chi connectivity index (χ0n) is 12.2. The van der Waals surface area contributed by atoms with Crippen LogP contribution >= 0.6 is 15.9 Å². The number of carboxylic acids is 1. The molecule has 116 valence electrons. The number of para-hydroxylation sites is 1. The minimum Gasteiger partial charge on any atom is -0.480 e. The molecule has 0 saturated carbocycles. The van der Waals surface area contributed by atoms with Gasteiger partial charge in [-0.15, -0.1) is 0 Å². The summed E-state index contributed by atoms with van der Waals surface area (Å²) in [6.07, 6.45) is 0.488. The van der Waals surface area contributed by atoms with Gasteiger partial charge in [0.2, 0.25) is 0 Å². The highest BCUT2D eigenvalue weighted by atomic mass is 79.9. The number of carbonyl (C=O) groups is 1. The van der Waals surface area contributed by atoms with Gasteiger partial charge >= 0.3 is 5.97 Å². The predicted octanol–water partition coefficient (Wildman–Crippen LogP) is 3.62. The number of hydrogen-bond donors (Lipinski definition) is 3. The largest absolute Gasteiger partial charge is 0.480 e. The molecule has 0 aliphatic carbocycles. The molecule has 4 rings (SSSR count). The highest BCUT2D eigenvalue weighted by Gasteiger charge is 2.33. The van der Waals surface area contributed by atoms with Crippen LogP contribution in [0, 0.1) is 0 Å². The van der Waals surface area contributed by atoms with Crippen LogP contribution in [0.2, 0.25) is 0 Å². The third kappa shape index (κ3) is 2.46. The minimum atomic E-state index is -0.817. The van der Waals surface area contributed by atoms with E-state index in [1.807, 2.05) is 48.5 Å². The van der Waals surface area contributed by atoms with E-state index in [0.717, 1.165) is 32.2 Å². The van der Waals surface area contributed by atoms with E-state index in [1.165, 1.54) is 0 Å². The Hall–Kier alpha value is -2.11. The second-order valence-electron chi connectivity index (χ2n) is 5.81. The highest BCUT2D eigenvalue weighted by Crippen LogP contribution is 2.35. The fourth-order valence-corrected chi connectivity index (χ4v) is 3.58. The van der Waals surface area contributed by atoms with E-state index in [-0.39, 0.29) is 6.04 Å². The van der Waals surface area contributed by atoms with Crippen molar-refractivity contribution in [1.29, 1.82) is 0 Å². The van der Waals surface area contributed by atoms with E-state index in [0.29, 0.717) is 6.42 Å². The Labute approximate surface area is 141 Å². The number of halogens is 1. The topological polar surface area (TPSA) is 65.1 Å². The van der Waals surface area contributed by atoms with Crippen LogP contribution in [-0.4, -0.2) is 22.1 Å². The summed E-state index contributed by atoms with van der Waals surface area (Å²) in [6, 6.07) is 15.3. The Morgan fingerprint density at radius 2 is 1.87 bits per heavy atom. The highest BCUT2D eigenvalue weighted by molar-refractivity contribution is 9.10. The Morgan fingerprint density at radius 3 is 2.61 bits per heavy atom. The number of rotatable bonds is 2. The Kier molecular flexibility index (Phi) is 3.47. The van der Waals surface area contributed by atoms with Crippen molar-refractivity contribution in [2.45, 2.75) is 18.5 Å². The normalized spacial score (nSPS) is 20.4. The molecule has 0 spiro atoms. The van der Waals surface area contributed by atoms with Crippen LogP contribution in [-0.2, 0) is 11.2 Å². The van der Waals surface area contributed by atoms with Crippen LogP contribution in [0.15, 0.2) is 53.0 Å². The molecule has 3 aromatic rings. The molecule has 2 atom stereocenters. The molecule has 23 heavy (non-hydrogen) atoms. The summed E-state index contributed by atoms with van der Waals surface area (Å²) in [5, 5.41) is 13.9. The summed E-state index contributed by atoms with van der Waals surface area (Å²) in [7, 11) is 0. The lowest BCUT2D eigenvalue weighted by Gasteiger charge is -2.29. The summed E-state index contributed by atoms with van der Waals surface area (Å²) in [5.41, 5.74) is 4.25. The molecule has 4 nitrogen and oxygen atoms in total. The maximum atomic E-state index is 11.6. The van der Waals surface area contributed by atoms with E-state index in [9.17, 15) is 9.90 Å². The molecule has 0 amide bonds. The van der Waals surface area contributed by atoms with Crippen LogP contribution < -0.4 is 5.32 Å². The molecule has 0 fully saturated rings. The molecular formula is C18H15BrN2O2. The van der Waals surface area contributed by atoms with Crippen molar-refractivity contribution in [2.75, 3.05) is 0 Å². The number of fused-ring (bicyclic) bond motifs is 3. The second-order valence-corrected chi connectivity index (χ2v) is 6.72. The molecule has 5 heteroatoms. The second kappa shape index (κ2) is 5.51. The summed E-state index contributed by atoms with van der Waals surface area (Å²) < 4.78 is 1.00. The SMILES string of the molecule is O=C(O)[C@H]1Cc2c([nH]c3ccccc23)[C@@H](c2ccc(Br)cc2)N1. The summed E-state index contributed by atoms with van der Waals surface area (Å²) in [4.78, 5) is 15.0. The van der Waals surface area contributed by atoms with E-state index >= 15 is 0 Å². The molecule has 2 aromatic carbocycles. The number of aliphatic carboxylic acids is 1. The number of hydrogen-bond acceptors (Lipinski definition) is 2. The van der Waals surface area contributed by atoms with Gasteiger partial charge in [0.25, 0.3) is 0 Å². The number of H-pyrrole nitrogens is 1. The van der Waals surface area contributed by atoms with Crippen molar-refractivity contribution in [3.8, 4) is 0 Å². The lowest BCUT2D eigenvalue weighted by atomic mass is 9.90. The van der Waals surface area contributed by atoms with Crippen molar-refractivity contribution >= 4 is 32.8 Å². The average molecular weight is 371 g/mol. The van der Waals surface area contributed by atoms with Gasteiger partial charge in [0.05, 0.1) is 6.04 Å². The molecule has 3 N–H and O–H groups in total. The first-order valence-corrected chi connectivity index (χ1v) is 8.26. The van der Waals surface area contributed by atoms with Gasteiger partial charge in [-0.2, -0.15) is 0 Å². The number of aromatic amines is 1. The molecule has 0 bridgehead atoms. The molecule has 0 saturated heterocycles. The summed E-state index contributed by atoms with van der Waals surface area (Å²) >= 11 is 3.44. The fourth-order valence-electron chi connectivity index (χ4n) is 3.31. The maximum Gasteiger partial charge on any atom is 0.321 e. The Bertz CT molecular complexity index is 886. The smallest absolute Gasteiger partial charge is 0.321 e. The first-order chi connectivity index (χ1) is 11.1. The number of benzene rings is 2. The predicted molar refractivity (Wildman–Crippen MR) is 92.5 cm³/mol. The van der Waals surface area contributed by atoms with Crippen LogP contribution in [0.25, 0.3) is 10.9 Å². The van der Waals surface area contributed by atoms with E-state index < -0.39 is 12.0 Å².